The molecular weight excluding hydrogens is 773 g/mol. The fourth-order valence-electron chi connectivity index (χ4n) is 5.25. The number of fused-ring (bicyclic) bond motifs is 3. The molecule has 0 atom stereocenters. The van der Waals surface area contributed by atoms with Crippen LogP contribution in [0.5, 0.6) is 0 Å². The number of hydrogen-bond acceptors (Lipinski definition) is 2. The van der Waals surface area contributed by atoms with Gasteiger partial charge in [0.1, 0.15) is 0 Å². The number of aryl methyl sites for hydroxylation is 1. The molecule has 2 aromatic heterocycles. The molecule has 7 aromatic rings. The van der Waals surface area contributed by atoms with E-state index in [0.717, 1.165) is 22.5 Å². The monoisotopic (exact) mass is 809 g/mol. The minimum atomic E-state index is -1.80. The molecule has 0 saturated heterocycles. The van der Waals surface area contributed by atoms with E-state index in [1.54, 1.807) is 0 Å². The fourth-order valence-corrected chi connectivity index (χ4v) is 7.43. The van der Waals surface area contributed by atoms with Crippen LogP contribution in [0.2, 0.25) is 17.3 Å². The van der Waals surface area contributed by atoms with Gasteiger partial charge in [0, 0.05) is 26.3 Å². The van der Waals surface area contributed by atoms with Crippen molar-refractivity contribution in [2.24, 2.45) is 0 Å². The number of pyridine rings is 2. The first kappa shape index (κ1) is 31.5. The molecular formula is C40H34GeIrN2-2. The predicted octanol–water partition coefficient (Wildman–Crippen LogP) is 9.92. The number of nitrogens with zero attached hydrogens (tertiary/aromatic N) is 2. The zero-order chi connectivity index (χ0) is 29.8. The molecule has 0 aliphatic carbocycles. The van der Waals surface area contributed by atoms with Crippen LogP contribution in [0.4, 0.5) is 0 Å². The Labute approximate surface area is 277 Å². The maximum atomic E-state index is 4.70. The third kappa shape index (κ3) is 7.08. The van der Waals surface area contributed by atoms with Crippen LogP contribution in [-0.4, -0.2) is 23.2 Å². The zero-order valence-corrected chi connectivity index (χ0v) is 29.9. The first-order valence-corrected chi connectivity index (χ1v) is 22.0. The van der Waals surface area contributed by atoms with Crippen molar-refractivity contribution in [3.63, 3.8) is 0 Å². The molecule has 0 saturated carbocycles. The molecule has 2 heterocycles. The third-order valence-electron chi connectivity index (χ3n) is 7.77. The molecule has 0 bridgehead atoms. The molecule has 44 heavy (non-hydrogen) atoms. The molecule has 4 heteroatoms. The summed E-state index contributed by atoms with van der Waals surface area (Å²) in [6.45, 7) is 2.13. The molecule has 0 fully saturated rings. The second-order valence-electron chi connectivity index (χ2n) is 11.8. The molecule has 0 amide bonds. The van der Waals surface area contributed by atoms with Gasteiger partial charge in [-0.1, -0.05) is 59.3 Å². The summed E-state index contributed by atoms with van der Waals surface area (Å²) in [6.07, 6.45) is 3.87. The predicted molar refractivity (Wildman–Crippen MR) is 185 cm³/mol. The standard InChI is InChI=1S/C21H22GeN.C19H12N.Ir/c1-16-10-11-18(14-20(16)17-8-6-5-7-9-17)21-13-12-19(15-23-21)22(2,3)4;1-2-6-17-14(5-1)8-9-15-13-16(10-11-18(15)17)19-7-3-4-12-20-19;/h5-10,12-15H,1-4H3;1-9,11-13H;/q2*-1;. The second-order valence-corrected chi connectivity index (χ2v) is 22.5. The van der Waals surface area contributed by atoms with Crippen molar-refractivity contribution >= 4 is 39.2 Å². The van der Waals surface area contributed by atoms with Crippen LogP contribution in [0.15, 0.2) is 134 Å². The SMILES string of the molecule is Cc1c[c-]c(-c2cc[c]([Ge]([CH3])([CH3])[CH3])cn2)cc1-c1ccccc1.[Ir].[c-]1cc2c(ccc3ccccc32)cc1-c1ccccn1. The van der Waals surface area contributed by atoms with Gasteiger partial charge in [0.15, 0.2) is 0 Å². The van der Waals surface area contributed by atoms with Gasteiger partial charge in [-0.15, -0.1) is 29.1 Å². The second kappa shape index (κ2) is 13.8. The van der Waals surface area contributed by atoms with Crippen molar-refractivity contribution in [3.05, 3.63) is 151 Å². The summed E-state index contributed by atoms with van der Waals surface area (Å²) in [5.74, 6) is 7.17. The van der Waals surface area contributed by atoms with Gasteiger partial charge in [0.25, 0.3) is 0 Å². The number of rotatable bonds is 4. The quantitative estimate of drug-likeness (QED) is 0.101. The van der Waals surface area contributed by atoms with Crippen LogP contribution >= 0.6 is 0 Å². The van der Waals surface area contributed by atoms with E-state index in [1.165, 1.54) is 42.6 Å². The Morgan fingerprint density at radius 3 is 2.00 bits per heavy atom. The Kier molecular flexibility index (Phi) is 9.91. The van der Waals surface area contributed by atoms with E-state index in [9.17, 15) is 0 Å². The molecule has 1 radical (unpaired) electrons. The molecule has 219 valence electrons. The van der Waals surface area contributed by atoms with Crippen molar-refractivity contribution < 1.29 is 20.1 Å². The molecule has 0 spiro atoms. The number of aromatic nitrogens is 2. The van der Waals surface area contributed by atoms with Crippen LogP contribution in [0.25, 0.3) is 55.2 Å². The first-order valence-electron chi connectivity index (χ1n) is 14.7. The van der Waals surface area contributed by atoms with E-state index in [0.29, 0.717) is 0 Å². The Morgan fingerprint density at radius 1 is 0.591 bits per heavy atom. The van der Waals surface area contributed by atoms with Gasteiger partial charge in [-0.05, 0) is 17.1 Å². The van der Waals surface area contributed by atoms with Crippen molar-refractivity contribution in [2.45, 2.75) is 24.2 Å². The van der Waals surface area contributed by atoms with Crippen molar-refractivity contribution in [2.75, 3.05) is 0 Å². The minimum absolute atomic E-state index is 0. The van der Waals surface area contributed by atoms with E-state index in [2.05, 4.69) is 145 Å². The zero-order valence-electron chi connectivity index (χ0n) is 25.4. The van der Waals surface area contributed by atoms with Crippen molar-refractivity contribution in [3.8, 4) is 33.6 Å². The molecule has 0 N–H and O–H groups in total. The average molecular weight is 808 g/mol. The van der Waals surface area contributed by atoms with Crippen LogP contribution in [-0.2, 0) is 20.1 Å². The smallest absolute Gasteiger partial charge is 0.0160 e. The molecule has 0 unspecified atom stereocenters. The van der Waals surface area contributed by atoms with E-state index >= 15 is 0 Å². The summed E-state index contributed by atoms with van der Waals surface area (Å²) in [5.41, 5.74) is 7.78. The Balaban J connectivity index is 0.000000172. The van der Waals surface area contributed by atoms with Crippen LogP contribution < -0.4 is 4.40 Å². The average Bonchev–Trinajstić information content (AvgIpc) is 3.05. The number of benzene rings is 5. The summed E-state index contributed by atoms with van der Waals surface area (Å²) >= 11 is -1.80. The fraction of sp³-hybridized carbons (Fsp3) is 0.100. The largest absolute Gasteiger partial charge is 0.305 e. The molecule has 2 nitrogen and oxygen atoms in total. The van der Waals surface area contributed by atoms with Crippen molar-refractivity contribution in [1.29, 1.82) is 0 Å². The number of hydrogen-bond donors (Lipinski definition) is 0. The van der Waals surface area contributed by atoms with Gasteiger partial charge >= 0.3 is 142 Å². The van der Waals surface area contributed by atoms with Crippen LogP contribution in [0.1, 0.15) is 5.56 Å². The van der Waals surface area contributed by atoms with Gasteiger partial charge in [-0.2, -0.15) is 0 Å². The van der Waals surface area contributed by atoms with Gasteiger partial charge in [-0.3, -0.25) is 0 Å². The third-order valence-corrected chi connectivity index (χ3v) is 12.0. The summed E-state index contributed by atoms with van der Waals surface area (Å²) in [6, 6.07) is 48.8. The Bertz CT molecular complexity index is 2000. The summed E-state index contributed by atoms with van der Waals surface area (Å²) < 4.78 is 1.43. The Morgan fingerprint density at radius 2 is 1.27 bits per heavy atom. The van der Waals surface area contributed by atoms with Gasteiger partial charge in [-0.25, -0.2) is 0 Å². The normalized spacial score (nSPS) is 11.0. The summed E-state index contributed by atoms with van der Waals surface area (Å²) in [7, 11) is 0. The van der Waals surface area contributed by atoms with E-state index in [1.807, 2.05) is 30.5 Å². The molecule has 0 aliphatic heterocycles. The van der Waals surface area contributed by atoms with Gasteiger partial charge in [0.2, 0.25) is 0 Å². The van der Waals surface area contributed by atoms with Crippen LogP contribution in [0, 0.1) is 19.1 Å². The minimum Gasteiger partial charge on any atom is -0.305 e. The van der Waals surface area contributed by atoms with Gasteiger partial charge in [0.05, 0.1) is 0 Å². The maximum Gasteiger partial charge on any atom is 0.0160 e. The molecule has 5 aromatic carbocycles. The van der Waals surface area contributed by atoms with Crippen molar-refractivity contribution in [1.82, 2.24) is 9.97 Å². The Hall–Kier alpha value is -3.89. The van der Waals surface area contributed by atoms with Gasteiger partial charge < -0.3 is 4.98 Å². The van der Waals surface area contributed by atoms with E-state index in [4.69, 9.17) is 4.98 Å². The maximum absolute atomic E-state index is 4.70. The molecule has 0 aliphatic rings. The topological polar surface area (TPSA) is 25.8 Å². The first-order chi connectivity index (χ1) is 20.9. The van der Waals surface area contributed by atoms with E-state index < -0.39 is 13.3 Å². The van der Waals surface area contributed by atoms with E-state index in [-0.39, 0.29) is 20.1 Å². The summed E-state index contributed by atoms with van der Waals surface area (Å²) in [4.78, 5) is 9.08. The molecule has 7 rings (SSSR count). The van der Waals surface area contributed by atoms with Crippen LogP contribution in [0.3, 0.4) is 0 Å². The summed E-state index contributed by atoms with van der Waals surface area (Å²) in [5, 5.41) is 5.00.